The van der Waals surface area contributed by atoms with Crippen LogP contribution in [0.3, 0.4) is 0 Å². The molecular weight excluding hydrogens is 392 g/mol. The van der Waals surface area contributed by atoms with Gasteiger partial charge >= 0.3 is 0 Å². The molecule has 3 N–H and O–H groups in total. The first kappa shape index (κ1) is 20.0. The molecule has 1 amide bonds. The van der Waals surface area contributed by atoms with Gasteiger partial charge in [0.2, 0.25) is 11.9 Å². The topological polar surface area (TPSA) is 110 Å². The highest BCUT2D eigenvalue weighted by Gasteiger charge is 2.06. The Kier molecular flexibility index (Phi) is 5.84. The Balaban J connectivity index is 1.39. The van der Waals surface area contributed by atoms with Crippen LogP contribution in [0.2, 0.25) is 0 Å². The van der Waals surface area contributed by atoms with Gasteiger partial charge in [-0.1, -0.05) is 17.7 Å². The van der Waals surface area contributed by atoms with Gasteiger partial charge in [0.05, 0.1) is 0 Å². The lowest BCUT2D eigenvalue weighted by Crippen LogP contribution is -2.18. The van der Waals surface area contributed by atoms with Gasteiger partial charge in [0.1, 0.15) is 25.0 Å². The van der Waals surface area contributed by atoms with Crippen LogP contribution in [0.15, 0.2) is 67.3 Å². The third-order valence-corrected chi connectivity index (χ3v) is 4.38. The normalized spacial score (nSPS) is 10.5. The van der Waals surface area contributed by atoms with Crippen molar-refractivity contribution in [2.45, 2.75) is 20.4 Å². The Morgan fingerprint density at radius 2 is 1.58 bits per heavy atom. The summed E-state index contributed by atoms with van der Waals surface area (Å²) in [6.07, 6.45) is 2.89. The van der Waals surface area contributed by atoms with Crippen LogP contribution in [0.1, 0.15) is 11.3 Å². The summed E-state index contributed by atoms with van der Waals surface area (Å²) in [5, 5.41) is 13.2. The van der Waals surface area contributed by atoms with Crippen molar-refractivity contribution >= 4 is 34.7 Å². The van der Waals surface area contributed by atoms with Crippen molar-refractivity contribution in [1.29, 1.82) is 0 Å². The Morgan fingerprint density at radius 3 is 2.29 bits per heavy atom. The minimum atomic E-state index is -0.176. The van der Waals surface area contributed by atoms with Gasteiger partial charge < -0.3 is 16.0 Å². The smallest absolute Gasteiger partial charge is 0.246 e. The predicted octanol–water partition coefficient (Wildman–Crippen LogP) is 3.81. The Morgan fingerprint density at radius 1 is 0.903 bits per heavy atom. The zero-order chi connectivity index (χ0) is 21.6. The van der Waals surface area contributed by atoms with Crippen molar-refractivity contribution in [3.8, 4) is 0 Å². The maximum absolute atomic E-state index is 12.1. The fraction of sp³-hybridized carbons (Fsp3) is 0.136. The molecule has 9 nitrogen and oxygen atoms in total. The summed E-state index contributed by atoms with van der Waals surface area (Å²) >= 11 is 0. The van der Waals surface area contributed by atoms with Crippen molar-refractivity contribution in [1.82, 2.24) is 24.7 Å². The Hall–Kier alpha value is -4.27. The second-order valence-corrected chi connectivity index (χ2v) is 7.05. The number of aromatic nitrogens is 5. The van der Waals surface area contributed by atoms with Gasteiger partial charge in [-0.2, -0.15) is 10.1 Å². The van der Waals surface area contributed by atoms with Crippen LogP contribution in [0.4, 0.5) is 28.8 Å². The highest BCUT2D eigenvalue weighted by atomic mass is 16.2. The number of amides is 1. The van der Waals surface area contributed by atoms with E-state index in [1.165, 1.54) is 22.9 Å². The molecule has 2 heterocycles. The summed E-state index contributed by atoms with van der Waals surface area (Å²) in [6, 6.07) is 17.3. The molecule has 31 heavy (non-hydrogen) atoms. The van der Waals surface area contributed by atoms with Crippen LogP contribution >= 0.6 is 0 Å². The maximum atomic E-state index is 12.1. The molecule has 2 aromatic heterocycles. The highest BCUT2D eigenvalue weighted by Crippen LogP contribution is 2.21. The Bertz CT molecular complexity index is 1160. The number of hydrogen-bond donors (Lipinski definition) is 3. The van der Waals surface area contributed by atoms with Gasteiger partial charge in [-0.05, 0) is 50.2 Å². The molecule has 0 aliphatic heterocycles. The van der Waals surface area contributed by atoms with Crippen molar-refractivity contribution in [3.05, 3.63) is 78.5 Å². The van der Waals surface area contributed by atoms with Crippen LogP contribution in [0.5, 0.6) is 0 Å². The van der Waals surface area contributed by atoms with Crippen LogP contribution in [-0.4, -0.2) is 30.6 Å². The average molecular weight is 414 g/mol. The zero-order valence-electron chi connectivity index (χ0n) is 17.2. The summed E-state index contributed by atoms with van der Waals surface area (Å²) in [4.78, 5) is 24.9. The van der Waals surface area contributed by atoms with E-state index in [0.29, 0.717) is 17.5 Å². The number of nitrogens with one attached hydrogen (secondary N) is 3. The summed E-state index contributed by atoms with van der Waals surface area (Å²) in [5.74, 6) is 1.01. The molecule has 0 saturated heterocycles. The van der Waals surface area contributed by atoms with Gasteiger partial charge in [-0.3, -0.25) is 4.79 Å². The van der Waals surface area contributed by atoms with E-state index in [0.717, 1.165) is 17.1 Å². The van der Waals surface area contributed by atoms with Gasteiger partial charge in [-0.25, -0.2) is 14.6 Å². The number of rotatable bonds is 7. The summed E-state index contributed by atoms with van der Waals surface area (Å²) in [7, 11) is 0. The van der Waals surface area contributed by atoms with E-state index in [9.17, 15) is 4.79 Å². The number of benzene rings is 2. The molecule has 0 bridgehead atoms. The SMILES string of the molecule is Cc1ccc(Nc2nc(C)cc(Nc3ccc(NC(=O)Cn4cncn4)cc3)n2)cc1. The molecule has 0 atom stereocenters. The lowest BCUT2D eigenvalue weighted by Gasteiger charge is -2.11. The Labute approximate surface area is 179 Å². The monoisotopic (exact) mass is 414 g/mol. The molecule has 156 valence electrons. The molecular formula is C22H22N8O. The van der Waals surface area contributed by atoms with Crippen molar-refractivity contribution in [2.24, 2.45) is 0 Å². The van der Waals surface area contributed by atoms with E-state index in [1.54, 1.807) is 0 Å². The van der Waals surface area contributed by atoms with Crippen molar-refractivity contribution in [3.63, 3.8) is 0 Å². The number of aryl methyl sites for hydroxylation is 2. The van der Waals surface area contributed by atoms with E-state index in [4.69, 9.17) is 0 Å². The summed E-state index contributed by atoms with van der Waals surface area (Å²) in [6.45, 7) is 4.07. The lowest BCUT2D eigenvalue weighted by atomic mass is 10.2. The number of carbonyl (C=O) groups is 1. The zero-order valence-corrected chi connectivity index (χ0v) is 17.2. The molecule has 4 rings (SSSR count). The second-order valence-electron chi connectivity index (χ2n) is 7.05. The molecule has 0 aliphatic rings. The molecule has 9 heteroatoms. The molecule has 0 unspecified atom stereocenters. The van der Waals surface area contributed by atoms with Crippen LogP contribution in [0.25, 0.3) is 0 Å². The van der Waals surface area contributed by atoms with Gasteiger partial charge in [0, 0.05) is 28.8 Å². The van der Waals surface area contributed by atoms with Crippen LogP contribution in [0, 0.1) is 13.8 Å². The van der Waals surface area contributed by atoms with E-state index >= 15 is 0 Å². The van der Waals surface area contributed by atoms with E-state index in [1.807, 2.05) is 68.4 Å². The van der Waals surface area contributed by atoms with Gasteiger partial charge in [0.15, 0.2) is 0 Å². The molecule has 0 saturated carbocycles. The molecule has 2 aromatic carbocycles. The lowest BCUT2D eigenvalue weighted by molar-refractivity contribution is -0.116. The number of carbonyl (C=O) groups excluding carboxylic acids is 1. The maximum Gasteiger partial charge on any atom is 0.246 e. The number of anilines is 5. The average Bonchev–Trinajstić information content (AvgIpc) is 3.24. The molecule has 0 spiro atoms. The largest absolute Gasteiger partial charge is 0.340 e. The standard InChI is InChI=1S/C22H22N8O/c1-15-3-5-19(6-4-15)28-22-25-16(2)11-20(29-22)26-17-7-9-18(10-8-17)27-21(31)12-30-14-23-13-24-30/h3-11,13-14H,12H2,1-2H3,(H,27,31)(H2,25,26,28,29). The third kappa shape index (κ3) is 5.63. The fourth-order valence-electron chi connectivity index (χ4n) is 2.90. The first-order valence-electron chi connectivity index (χ1n) is 9.72. The second kappa shape index (κ2) is 9.04. The number of hydrogen-bond acceptors (Lipinski definition) is 7. The summed E-state index contributed by atoms with van der Waals surface area (Å²) < 4.78 is 1.46. The highest BCUT2D eigenvalue weighted by molar-refractivity contribution is 5.90. The van der Waals surface area contributed by atoms with Crippen molar-refractivity contribution in [2.75, 3.05) is 16.0 Å². The number of nitrogens with zero attached hydrogens (tertiary/aromatic N) is 5. The van der Waals surface area contributed by atoms with Gasteiger partial charge in [-0.15, -0.1) is 0 Å². The predicted molar refractivity (Wildman–Crippen MR) is 120 cm³/mol. The van der Waals surface area contributed by atoms with Crippen molar-refractivity contribution < 1.29 is 4.79 Å². The minimum Gasteiger partial charge on any atom is -0.340 e. The first-order chi connectivity index (χ1) is 15.0. The molecule has 0 fully saturated rings. The van der Waals surface area contributed by atoms with Crippen LogP contribution in [-0.2, 0) is 11.3 Å². The van der Waals surface area contributed by atoms with E-state index in [-0.39, 0.29) is 12.5 Å². The molecule has 0 aliphatic carbocycles. The van der Waals surface area contributed by atoms with E-state index < -0.39 is 0 Å². The fourth-order valence-corrected chi connectivity index (χ4v) is 2.90. The summed E-state index contributed by atoms with van der Waals surface area (Å²) in [5.41, 5.74) is 4.48. The quantitative estimate of drug-likeness (QED) is 0.422. The molecule has 0 radical (unpaired) electrons. The molecule has 4 aromatic rings. The third-order valence-electron chi connectivity index (χ3n) is 4.38. The van der Waals surface area contributed by atoms with Crippen LogP contribution < -0.4 is 16.0 Å². The first-order valence-corrected chi connectivity index (χ1v) is 9.72. The minimum absolute atomic E-state index is 0.108. The van der Waals surface area contributed by atoms with E-state index in [2.05, 4.69) is 36.0 Å². The van der Waals surface area contributed by atoms with Gasteiger partial charge in [0.25, 0.3) is 0 Å².